The Bertz CT molecular complexity index is 662. The number of hydrogen-bond acceptors (Lipinski definition) is 6. The Balaban J connectivity index is 1.94. The first kappa shape index (κ1) is 16.8. The van der Waals surface area contributed by atoms with Crippen molar-refractivity contribution in [1.29, 1.82) is 0 Å². The number of ether oxygens (including phenoxy) is 1. The van der Waals surface area contributed by atoms with Gasteiger partial charge in [-0.2, -0.15) is 0 Å². The van der Waals surface area contributed by atoms with Gasteiger partial charge in [0.15, 0.2) is 5.17 Å². The van der Waals surface area contributed by atoms with Gasteiger partial charge in [0.05, 0.1) is 12.8 Å². The molecule has 1 aromatic carbocycles. The van der Waals surface area contributed by atoms with E-state index in [-0.39, 0.29) is 29.3 Å². The summed E-state index contributed by atoms with van der Waals surface area (Å²) in [5.74, 6) is -0.445. The highest BCUT2D eigenvalue weighted by Gasteiger charge is 2.32. The fourth-order valence-corrected chi connectivity index (χ4v) is 2.77. The molecule has 0 radical (unpaired) electrons. The number of thioether (sulfide) groups is 1. The average Bonchev–Trinajstić information content (AvgIpc) is 2.85. The Morgan fingerprint density at radius 3 is 2.83 bits per heavy atom. The maximum absolute atomic E-state index is 12.1. The van der Waals surface area contributed by atoms with E-state index in [0.29, 0.717) is 11.4 Å². The monoisotopic (exact) mass is 336 g/mol. The van der Waals surface area contributed by atoms with Gasteiger partial charge in [0.25, 0.3) is 0 Å². The molecule has 3 amide bonds. The van der Waals surface area contributed by atoms with Crippen LogP contribution in [0.15, 0.2) is 29.4 Å². The van der Waals surface area contributed by atoms with E-state index >= 15 is 0 Å². The lowest BCUT2D eigenvalue weighted by atomic mass is 10.2. The molecule has 0 unspecified atom stereocenters. The van der Waals surface area contributed by atoms with E-state index in [0.717, 1.165) is 11.8 Å². The number of hydrogen-bond donors (Lipinski definition) is 3. The second-order valence-corrected chi connectivity index (χ2v) is 5.82. The fraction of sp³-hybridized carbons (Fsp3) is 0.286. The molecule has 0 bridgehead atoms. The molecule has 9 heteroatoms. The molecule has 8 nitrogen and oxygen atoms in total. The summed E-state index contributed by atoms with van der Waals surface area (Å²) in [7, 11) is 1.51. The van der Waals surface area contributed by atoms with Gasteiger partial charge in [0.1, 0.15) is 11.0 Å². The summed E-state index contributed by atoms with van der Waals surface area (Å²) in [6, 6.07) is 7.00. The largest absolute Gasteiger partial charge is 0.495 e. The Kier molecular flexibility index (Phi) is 5.58. The van der Waals surface area contributed by atoms with Crippen LogP contribution in [0.5, 0.6) is 5.75 Å². The Morgan fingerprint density at radius 1 is 1.39 bits per heavy atom. The number of carbonyl (C=O) groups is 3. The van der Waals surface area contributed by atoms with Crippen LogP contribution in [0.4, 0.5) is 5.69 Å². The minimum absolute atomic E-state index is 0.0202. The molecule has 23 heavy (non-hydrogen) atoms. The highest BCUT2D eigenvalue weighted by molar-refractivity contribution is 8.15. The van der Waals surface area contributed by atoms with Crippen LogP contribution in [0.3, 0.4) is 0 Å². The summed E-state index contributed by atoms with van der Waals surface area (Å²) in [4.78, 5) is 34.7. The van der Waals surface area contributed by atoms with E-state index in [9.17, 15) is 14.4 Å². The standard InChI is InChI=1S/C14H16N4O4S/c1-8(19)17-18-14-16-13(21)11(23-14)7-12(20)15-9-5-3-4-6-10(9)22-2/h3-6,11H,7H2,1-2H3,(H,15,20)(H,17,19)(H,16,18,21)/t11-/m0/s1. The topological polar surface area (TPSA) is 109 Å². The number of amides is 3. The predicted molar refractivity (Wildman–Crippen MR) is 87.0 cm³/mol. The van der Waals surface area contributed by atoms with E-state index in [1.54, 1.807) is 24.3 Å². The normalized spacial score (nSPS) is 18.4. The number of amidine groups is 1. The molecule has 1 heterocycles. The van der Waals surface area contributed by atoms with Crippen LogP contribution >= 0.6 is 11.8 Å². The number of hydrazone groups is 1. The fourth-order valence-electron chi connectivity index (χ4n) is 1.84. The van der Waals surface area contributed by atoms with Crippen LogP contribution in [0.25, 0.3) is 0 Å². The Hall–Kier alpha value is -2.55. The highest BCUT2D eigenvalue weighted by atomic mass is 32.2. The van der Waals surface area contributed by atoms with Crippen LogP contribution in [0.1, 0.15) is 13.3 Å². The zero-order valence-electron chi connectivity index (χ0n) is 12.6. The number of rotatable bonds is 5. The maximum atomic E-state index is 12.1. The molecule has 0 saturated carbocycles. The lowest BCUT2D eigenvalue weighted by Crippen LogP contribution is -2.29. The van der Waals surface area contributed by atoms with Crippen molar-refractivity contribution in [2.45, 2.75) is 18.6 Å². The SMILES string of the molecule is COc1ccccc1NC(=O)C[C@@H]1S/C(=N/NC(C)=O)NC1=O. The van der Waals surface area contributed by atoms with Crippen LogP contribution in [0.2, 0.25) is 0 Å². The lowest BCUT2D eigenvalue weighted by molar-refractivity contribution is -0.122. The van der Waals surface area contributed by atoms with Crippen LogP contribution in [-0.4, -0.2) is 35.2 Å². The predicted octanol–water partition coefficient (Wildman–Crippen LogP) is 0.662. The molecule has 122 valence electrons. The van der Waals surface area contributed by atoms with Crippen LogP contribution in [-0.2, 0) is 14.4 Å². The second-order valence-electron chi connectivity index (χ2n) is 4.63. The zero-order chi connectivity index (χ0) is 16.8. The highest BCUT2D eigenvalue weighted by Crippen LogP contribution is 2.25. The van der Waals surface area contributed by atoms with Gasteiger partial charge in [-0.15, -0.1) is 5.10 Å². The quantitative estimate of drug-likeness (QED) is 0.685. The summed E-state index contributed by atoms with van der Waals surface area (Å²) in [6.45, 7) is 1.31. The minimum atomic E-state index is -0.600. The van der Waals surface area contributed by atoms with Crippen molar-refractivity contribution in [2.24, 2.45) is 5.10 Å². The van der Waals surface area contributed by atoms with Crippen molar-refractivity contribution in [3.63, 3.8) is 0 Å². The number of nitrogens with zero attached hydrogens (tertiary/aromatic N) is 1. The van der Waals surface area contributed by atoms with E-state index in [4.69, 9.17) is 4.74 Å². The molecule has 3 N–H and O–H groups in total. The van der Waals surface area contributed by atoms with Crippen LogP contribution in [0, 0.1) is 0 Å². The third-order valence-electron chi connectivity index (χ3n) is 2.84. The van der Waals surface area contributed by atoms with Gasteiger partial charge in [-0.3, -0.25) is 14.4 Å². The van der Waals surface area contributed by atoms with Gasteiger partial charge in [-0.05, 0) is 12.1 Å². The number of carbonyl (C=O) groups excluding carboxylic acids is 3. The minimum Gasteiger partial charge on any atom is -0.495 e. The number of methoxy groups -OCH3 is 1. The van der Waals surface area contributed by atoms with Gasteiger partial charge in [0, 0.05) is 13.3 Å². The molecule has 0 aromatic heterocycles. The molecule has 1 aliphatic heterocycles. The molecule has 0 aliphatic carbocycles. The third-order valence-corrected chi connectivity index (χ3v) is 3.93. The van der Waals surface area contributed by atoms with Gasteiger partial charge in [0.2, 0.25) is 17.7 Å². The Morgan fingerprint density at radius 2 is 2.13 bits per heavy atom. The van der Waals surface area contributed by atoms with Gasteiger partial charge in [-0.25, -0.2) is 5.43 Å². The molecular formula is C14H16N4O4S. The summed E-state index contributed by atoms with van der Waals surface area (Å²) in [5, 5.41) is 8.62. The first-order valence-corrected chi connectivity index (χ1v) is 7.62. The molecule has 1 fully saturated rings. The number of anilines is 1. The first-order chi connectivity index (χ1) is 11.0. The maximum Gasteiger partial charge on any atom is 0.240 e. The molecule has 0 spiro atoms. The molecule has 1 aliphatic rings. The van der Waals surface area contributed by atoms with Gasteiger partial charge in [-0.1, -0.05) is 23.9 Å². The average molecular weight is 336 g/mol. The number of benzene rings is 1. The molecule has 1 atom stereocenters. The van der Waals surface area contributed by atoms with Gasteiger partial charge >= 0.3 is 0 Å². The second kappa shape index (κ2) is 7.63. The van der Waals surface area contributed by atoms with Crippen molar-refractivity contribution in [3.8, 4) is 5.75 Å². The van der Waals surface area contributed by atoms with E-state index < -0.39 is 5.25 Å². The third kappa shape index (κ3) is 4.71. The molecular weight excluding hydrogens is 320 g/mol. The van der Waals surface area contributed by atoms with E-state index in [1.165, 1.54) is 14.0 Å². The smallest absolute Gasteiger partial charge is 0.240 e. The number of para-hydroxylation sites is 2. The molecule has 1 aromatic rings. The van der Waals surface area contributed by atoms with Crippen molar-refractivity contribution in [3.05, 3.63) is 24.3 Å². The van der Waals surface area contributed by atoms with Gasteiger partial charge < -0.3 is 15.4 Å². The van der Waals surface area contributed by atoms with E-state index in [1.807, 2.05) is 0 Å². The molecule has 2 rings (SSSR count). The van der Waals surface area contributed by atoms with Crippen molar-refractivity contribution in [1.82, 2.24) is 10.7 Å². The zero-order valence-corrected chi connectivity index (χ0v) is 13.4. The summed E-state index contributed by atoms with van der Waals surface area (Å²) in [5.41, 5.74) is 2.77. The summed E-state index contributed by atoms with van der Waals surface area (Å²) >= 11 is 1.09. The lowest BCUT2D eigenvalue weighted by Gasteiger charge is -2.10. The summed E-state index contributed by atoms with van der Waals surface area (Å²) < 4.78 is 5.15. The summed E-state index contributed by atoms with van der Waals surface area (Å²) in [6.07, 6.45) is -0.0202. The van der Waals surface area contributed by atoms with Crippen molar-refractivity contribution < 1.29 is 19.1 Å². The Labute approximate surface area is 137 Å². The van der Waals surface area contributed by atoms with Crippen LogP contribution < -0.4 is 20.8 Å². The van der Waals surface area contributed by atoms with Crippen molar-refractivity contribution in [2.75, 3.05) is 12.4 Å². The number of nitrogens with one attached hydrogen (secondary N) is 3. The van der Waals surface area contributed by atoms with E-state index in [2.05, 4.69) is 21.2 Å². The first-order valence-electron chi connectivity index (χ1n) is 6.74. The molecule has 1 saturated heterocycles. The van der Waals surface area contributed by atoms with Crippen molar-refractivity contribution >= 4 is 40.3 Å².